The quantitative estimate of drug-likeness (QED) is 0.319. The summed E-state index contributed by atoms with van der Waals surface area (Å²) in [6.07, 6.45) is -0.0684. The molecule has 1 heterocycles. The molecule has 9 nitrogen and oxygen atoms in total. The Kier molecular flexibility index (Phi) is 6.18. The van der Waals surface area contributed by atoms with Gasteiger partial charge in [-0.1, -0.05) is 18.2 Å². The second kappa shape index (κ2) is 8.96. The third-order valence-corrected chi connectivity index (χ3v) is 4.21. The lowest BCUT2D eigenvalue weighted by atomic mass is 10.1. The maximum absolute atomic E-state index is 12.2. The average Bonchev–Trinajstić information content (AvgIpc) is 3.23. The number of nitro groups is 1. The number of para-hydroxylation sites is 1. The number of methoxy groups -OCH3 is 1. The maximum atomic E-state index is 12.2. The number of rotatable bonds is 8. The third kappa shape index (κ3) is 4.95. The molecule has 1 aromatic heterocycles. The number of hydrogen-bond donors (Lipinski definition) is 0. The number of carbonyl (C=O) groups is 1. The van der Waals surface area contributed by atoms with Gasteiger partial charge in [0.05, 0.1) is 12.0 Å². The number of nitro benzene ring substituents is 1. The first-order valence-electron chi connectivity index (χ1n) is 8.87. The minimum atomic E-state index is -0.723. The Morgan fingerprint density at radius 1 is 1.17 bits per heavy atom. The third-order valence-electron chi connectivity index (χ3n) is 4.21. The molecule has 1 atom stereocenters. The predicted molar refractivity (Wildman–Crippen MR) is 102 cm³/mol. The molecule has 3 rings (SSSR count). The van der Waals surface area contributed by atoms with E-state index in [9.17, 15) is 14.9 Å². The lowest BCUT2D eigenvalue weighted by Crippen LogP contribution is -2.10. The van der Waals surface area contributed by atoms with Gasteiger partial charge in [-0.15, -0.1) is 10.2 Å². The van der Waals surface area contributed by atoms with Crippen molar-refractivity contribution < 1.29 is 23.6 Å². The molecule has 0 radical (unpaired) electrons. The predicted octanol–water partition coefficient (Wildman–Crippen LogP) is 3.89. The molecule has 0 aliphatic rings. The zero-order chi connectivity index (χ0) is 20.8. The van der Waals surface area contributed by atoms with Crippen LogP contribution in [0, 0.1) is 10.1 Å². The summed E-state index contributed by atoms with van der Waals surface area (Å²) in [6.45, 7) is 1.63. The molecule has 3 aromatic rings. The molecule has 0 saturated heterocycles. The molecular formula is C20H19N3O6. The lowest BCUT2D eigenvalue weighted by molar-refractivity contribution is -0.384. The van der Waals surface area contributed by atoms with E-state index in [1.807, 2.05) is 24.3 Å². The van der Waals surface area contributed by atoms with Crippen molar-refractivity contribution in [3.63, 3.8) is 0 Å². The Morgan fingerprint density at radius 3 is 2.59 bits per heavy atom. The van der Waals surface area contributed by atoms with Crippen LogP contribution >= 0.6 is 0 Å². The molecule has 0 N–H and O–H groups in total. The van der Waals surface area contributed by atoms with Crippen LogP contribution in [0.3, 0.4) is 0 Å². The molecule has 29 heavy (non-hydrogen) atoms. The van der Waals surface area contributed by atoms with Gasteiger partial charge in [0.15, 0.2) is 6.10 Å². The molecule has 0 saturated carbocycles. The van der Waals surface area contributed by atoms with Crippen LogP contribution in [0.5, 0.6) is 5.75 Å². The molecule has 150 valence electrons. The van der Waals surface area contributed by atoms with Crippen molar-refractivity contribution in [3.8, 4) is 17.2 Å². The smallest absolute Gasteiger partial charge is 0.306 e. The zero-order valence-electron chi connectivity index (χ0n) is 15.9. The SMILES string of the molecule is COc1ccccc1CCC(=O)O[C@H](C)c1nnc(-c2ccc([N+](=O)[O-])cc2)o1. The molecule has 0 unspecified atom stereocenters. The van der Waals surface area contributed by atoms with Crippen molar-refractivity contribution in [1.29, 1.82) is 0 Å². The van der Waals surface area contributed by atoms with E-state index in [1.165, 1.54) is 24.3 Å². The number of ether oxygens (including phenoxy) is 2. The Labute approximate surface area is 166 Å². The largest absolute Gasteiger partial charge is 0.496 e. The van der Waals surface area contributed by atoms with Crippen molar-refractivity contribution in [3.05, 3.63) is 70.1 Å². The van der Waals surface area contributed by atoms with Gasteiger partial charge in [0.1, 0.15) is 5.75 Å². The number of non-ortho nitro benzene ring substituents is 1. The Morgan fingerprint density at radius 2 is 1.90 bits per heavy atom. The number of carbonyl (C=O) groups excluding carboxylic acids is 1. The van der Waals surface area contributed by atoms with E-state index in [2.05, 4.69) is 10.2 Å². The van der Waals surface area contributed by atoms with Gasteiger partial charge in [-0.3, -0.25) is 14.9 Å². The second-order valence-corrected chi connectivity index (χ2v) is 6.19. The molecule has 9 heteroatoms. The molecule has 0 amide bonds. The first kappa shape index (κ1) is 20.0. The number of nitrogens with zero attached hydrogens (tertiary/aromatic N) is 3. The minimum Gasteiger partial charge on any atom is -0.496 e. The van der Waals surface area contributed by atoms with Gasteiger partial charge in [-0.05, 0) is 37.1 Å². The fourth-order valence-electron chi connectivity index (χ4n) is 2.69. The Hall–Kier alpha value is -3.75. The van der Waals surface area contributed by atoms with Crippen molar-refractivity contribution >= 4 is 11.7 Å². The normalized spacial score (nSPS) is 11.7. The van der Waals surface area contributed by atoms with E-state index in [4.69, 9.17) is 13.9 Å². The molecular weight excluding hydrogens is 378 g/mol. The first-order valence-corrected chi connectivity index (χ1v) is 8.87. The summed E-state index contributed by atoms with van der Waals surface area (Å²) >= 11 is 0. The number of aromatic nitrogens is 2. The summed E-state index contributed by atoms with van der Waals surface area (Å²) in [6, 6.07) is 13.2. The van der Waals surface area contributed by atoms with E-state index >= 15 is 0 Å². The summed E-state index contributed by atoms with van der Waals surface area (Å²) in [7, 11) is 1.58. The van der Waals surface area contributed by atoms with Gasteiger partial charge < -0.3 is 13.9 Å². The van der Waals surface area contributed by atoms with E-state index in [-0.39, 0.29) is 23.9 Å². The Balaban J connectivity index is 1.58. The van der Waals surface area contributed by atoms with Crippen molar-refractivity contribution in [2.24, 2.45) is 0 Å². The standard InChI is InChI=1S/C20H19N3O6/c1-13(28-18(24)12-9-14-5-3-4-6-17(14)27-2)19-21-22-20(29-19)15-7-10-16(11-8-15)23(25)26/h3-8,10-11,13H,9,12H2,1-2H3/t13-/m1/s1. The molecule has 0 spiro atoms. The molecule has 0 aliphatic heterocycles. The van der Waals surface area contributed by atoms with E-state index in [0.717, 1.165) is 11.3 Å². The van der Waals surface area contributed by atoms with Crippen LogP contribution < -0.4 is 4.74 Å². The van der Waals surface area contributed by atoms with E-state index in [0.29, 0.717) is 12.0 Å². The number of aryl methyl sites for hydroxylation is 1. The molecule has 2 aromatic carbocycles. The fourth-order valence-corrected chi connectivity index (χ4v) is 2.69. The van der Waals surface area contributed by atoms with Crippen LogP contribution in [0.25, 0.3) is 11.5 Å². The van der Waals surface area contributed by atoms with E-state index in [1.54, 1.807) is 14.0 Å². The van der Waals surface area contributed by atoms with Crippen molar-refractivity contribution in [2.45, 2.75) is 25.9 Å². The molecule has 0 aliphatic carbocycles. The zero-order valence-corrected chi connectivity index (χ0v) is 15.9. The van der Waals surface area contributed by atoms with Crippen LogP contribution in [0.1, 0.15) is 30.9 Å². The van der Waals surface area contributed by atoms with Crippen LogP contribution in [0.4, 0.5) is 5.69 Å². The van der Waals surface area contributed by atoms with Crippen molar-refractivity contribution in [1.82, 2.24) is 10.2 Å². The van der Waals surface area contributed by atoms with Gasteiger partial charge >= 0.3 is 5.97 Å². The summed E-state index contributed by atoms with van der Waals surface area (Å²) in [5.41, 5.74) is 1.41. The topological polar surface area (TPSA) is 118 Å². The monoisotopic (exact) mass is 397 g/mol. The van der Waals surface area contributed by atoms with Crippen LogP contribution in [-0.4, -0.2) is 28.2 Å². The van der Waals surface area contributed by atoms with Crippen LogP contribution in [0.2, 0.25) is 0 Å². The number of hydrogen-bond acceptors (Lipinski definition) is 8. The van der Waals surface area contributed by atoms with Crippen LogP contribution in [-0.2, 0) is 16.0 Å². The highest BCUT2D eigenvalue weighted by Crippen LogP contribution is 2.25. The highest BCUT2D eigenvalue weighted by molar-refractivity contribution is 5.70. The maximum Gasteiger partial charge on any atom is 0.306 e. The summed E-state index contributed by atoms with van der Waals surface area (Å²) in [5, 5.41) is 18.5. The van der Waals surface area contributed by atoms with Crippen LogP contribution in [0.15, 0.2) is 52.9 Å². The highest BCUT2D eigenvalue weighted by Gasteiger charge is 2.19. The minimum absolute atomic E-state index is 0.0363. The second-order valence-electron chi connectivity index (χ2n) is 6.19. The summed E-state index contributed by atoms with van der Waals surface area (Å²) < 4.78 is 16.2. The lowest BCUT2D eigenvalue weighted by Gasteiger charge is -2.10. The first-order chi connectivity index (χ1) is 14.0. The highest BCUT2D eigenvalue weighted by atomic mass is 16.6. The fraction of sp³-hybridized carbons (Fsp3) is 0.250. The molecule has 0 fully saturated rings. The Bertz CT molecular complexity index is 999. The van der Waals surface area contributed by atoms with Gasteiger partial charge in [0, 0.05) is 24.1 Å². The number of esters is 1. The van der Waals surface area contributed by atoms with Gasteiger partial charge in [-0.25, -0.2) is 0 Å². The van der Waals surface area contributed by atoms with Crippen molar-refractivity contribution in [2.75, 3.05) is 7.11 Å². The van der Waals surface area contributed by atoms with Gasteiger partial charge in [0.2, 0.25) is 5.89 Å². The summed E-state index contributed by atoms with van der Waals surface area (Å²) in [4.78, 5) is 22.4. The average molecular weight is 397 g/mol. The van der Waals surface area contributed by atoms with E-state index < -0.39 is 17.0 Å². The number of benzene rings is 2. The van der Waals surface area contributed by atoms with Gasteiger partial charge in [0.25, 0.3) is 11.6 Å². The molecule has 0 bridgehead atoms. The van der Waals surface area contributed by atoms with Gasteiger partial charge in [-0.2, -0.15) is 0 Å². The summed E-state index contributed by atoms with van der Waals surface area (Å²) in [5.74, 6) is 0.646.